The Morgan fingerprint density at radius 1 is 0.325 bits per heavy atom. The van der Waals surface area contributed by atoms with Gasteiger partial charge in [-0.2, -0.15) is 0 Å². The van der Waals surface area contributed by atoms with E-state index in [4.69, 9.17) is 24.5 Å². The van der Waals surface area contributed by atoms with E-state index in [0.29, 0.717) is 0 Å². The minimum absolute atomic E-state index is 1.29. The van der Waals surface area contributed by atoms with Gasteiger partial charge in [-0.1, -0.05) is 6.92 Å². The van der Waals surface area contributed by atoms with Crippen LogP contribution in [-0.4, -0.2) is 18.1 Å². The van der Waals surface area contributed by atoms with Crippen molar-refractivity contribution in [3.63, 3.8) is 0 Å². The molecule has 0 aromatic heterocycles. The second-order valence-corrected chi connectivity index (χ2v) is 29.1. The van der Waals surface area contributed by atoms with E-state index in [0.717, 1.165) is 0 Å². The fourth-order valence-corrected chi connectivity index (χ4v) is 15.3. The molecule has 0 aliphatic heterocycles. The summed E-state index contributed by atoms with van der Waals surface area (Å²) >= 11 is 13.3. The molecule has 0 aliphatic carbocycles. The van der Waals surface area contributed by atoms with Crippen LogP contribution in [0.1, 0.15) is 213 Å². The van der Waals surface area contributed by atoms with Crippen molar-refractivity contribution in [2.45, 2.75) is 213 Å². The maximum absolute atomic E-state index is 5.51. The molecule has 0 spiro atoms. The average Bonchev–Trinajstić information content (AvgIpc) is 2.94. The third-order valence-electron chi connectivity index (χ3n) is 8.81. The molecule has 0 fully saturated rings. The molecule has 0 saturated heterocycles. The summed E-state index contributed by atoms with van der Waals surface area (Å²) in [5, 5.41) is 0. The fourth-order valence-electron chi connectivity index (χ4n) is 5.94. The van der Waals surface area contributed by atoms with Crippen molar-refractivity contribution in [1.82, 2.24) is 0 Å². The first-order valence-corrected chi connectivity index (χ1v) is 25.1. The van der Waals surface area contributed by atoms with Crippen molar-refractivity contribution in [3.05, 3.63) is 0 Å². The normalized spacial score (nSPS) is 13.1. The Labute approximate surface area is 270 Å². The van der Waals surface area contributed by atoms with E-state index in [1.165, 1.54) is 211 Å². The Morgan fingerprint density at radius 2 is 0.550 bits per heavy atom. The molecule has 0 saturated carbocycles. The van der Waals surface area contributed by atoms with E-state index in [-0.39, 0.29) is 0 Å². The van der Waals surface area contributed by atoms with Crippen LogP contribution < -0.4 is 0 Å². The number of unbranched alkanes of at least 4 members (excludes halogenated alkanes) is 27. The summed E-state index contributed by atoms with van der Waals surface area (Å²) in [6.45, 7) is 6.93. The van der Waals surface area contributed by atoms with Gasteiger partial charge in [0.15, 0.2) is 0 Å². The number of rotatable bonds is 34. The SMILES string of the molecule is CCCCCCCCCCCCSP(S)(S)(CCCCCCCCCCCC)CCCCCCCCCCCC. The van der Waals surface area contributed by atoms with E-state index < -0.39 is 4.21 Å². The van der Waals surface area contributed by atoms with Gasteiger partial charge in [-0.25, -0.2) is 0 Å². The summed E-state index contributed by atoms with van der Waals surface area (Å²) in [5.41, 5.74) is 0. The Kier molecular flexibility index (Phi) is 31.6. The monoisotopic (exact) mass is 636 g/mol. The summed E-state index contributed by atoms with van der Waals surface area (Å²) in [6, 6.07) is 0. The number of thiol groups is 2. The van der Waals surface area contributed by atoms with E-state index in [2.05, 4.69) is 32.2 Å². The minimum atomic E-state index is -2.21. The van der Waals surface area contributed by atoms with Gasteiger partial charge >= 0.3 is 265 Å². The molecule has 0 bridgehead atoms. The molecule has 0 N–H and O–H groups in total. The van der Waals surface area contributed by atoms with Crippen molar-refractivity contribution < 1.29 is 0 Å². The summed E-state index contributed by atoms with van der Waals surface area (Å²) in [7, 11) is 0. The van der Waals surface area contributed by atoms with Crippen LogP contribution in [0.5, 0.6) is 0 Å². The van der Waals surface area contributed by atoms with Crippen LogP contribution in [0.15, 0.2) is 0 Å². The molecule has 0 aliphatic rings. The molecule has 4 heteroatoms. The summed E-state index contributed by atoms with van der Waals surface area (Å²) in [5.74, 6) is 1.29. The van der Waals surface area contributed by atoms with Crippen LogP contribution in [0.4, 0.5) is 0 Å². The van der Waals surface area contributed by atoms with Gasteiger partial charge in [0.05, 0.1) is 0 Å². The Balaban J connectivity index is 4.24. The Hall–Kier alpha value is 1.48. The van der Waals surface area contributed by atoms with Gasteiger partial charge in [0, 0.05) is 0 Å². The predicted octanol–water partition coefficient (Wildman–Crippen LogP) is 15.6. The van der Waals surface area contributed by atoms with E-state index >= 15 is 0 Å². The Morgan fingerprint density at radius 3 is 0.825 bits per heavy atom. The standard InChI is InChI=1S/C36H77PS3/c1-4-7-10-13-16-19-22-25-28-31-34-37(38,39,35-32-29-26-23-20-17-14-11-8-5-2)40-36-33-30-27-24-21-18-15-12-9-6-3/h38-39H,4-36H2,1-3H3. The van der Waals surface area contributed by atoms with Crippen LogP contribution in [0, 0.1) is 0 Å². The zero-order chi connectivity index (χ0) is 29.5. The molecular weight excluding hydrogens is 560 g/mol. The third-order valence-corrected chi connectivity index (χ3v) is 20.2. The number of hydrogen-bond acceptors (Lipinski definition) is 3. The first kappa shape index (κ1) is 41.5. The molecule has 244 valence electrons. The molecule has 0 rings (SSSR count). The van der Waals surface area contributed by atoms with Crippen LogP contribution in [-0.2, 0) is 0 Å². The van der Waals surface area contributed by atoms with Gasteiger partial charge in [-0.05, 0) is 0 Å². The maximum atomic E-state index is 5.51. The predicted molar refractivity (Wildman–Crippen MR) is 203 cm³/mol. The molecule has 0 aromatic carbocycles. The molecule has 0 radical (unpaired) electrons. The van der Waals surface area contributed by atoms with E-state index in [9.17, 15) is 0 Å². The Bertz CT molecular complexity index is 468. The van der Waals surface area contributed by atoms with Crippen molar-refractivity contribution in [3.8, 4) is 0 Å². The van der Waals surface area contributed by atoms with Crippen LogP contribution in [0.3, 0.4) is 0 Å². The zero-order valence-electron chi connectivity index (χ0n) is 28.1. The fraction of sp³-hybridized carbons (Fsp3) is 1.00. The first-order valence-electron chi connectivity index (χ1n) is 18.6. The second-order valence-electron chi connectivity index (χ2n) is 13.1. The summed E-state index contributed by atoms with van der Waals surface area (Å²) in [4.78, 5) is 0. The van der Waals surface area contributed by atoms with Crippen molar-refractivity contribution >= 4 is 40.1 Å². The van der Waals surface area contributed by atoms with Gasteiger partial charge < -0.3 is 0 Å². The molecular formula is C36H77PS3. The van der Waals surface area contributed by atoms with Gasteiger partial charge in [0.2, 0.25) is 0 Å². The van der Waals surface area contributed by atoms with Gasteiger partial charge in [-0.15, -0.1) is 0 Å². The van der Waals surface area contributed by atoms with E-state index in [1.54, 1.807) is 0 Å². The van der Waals surface area contributed by atoms with Crippen molar-refractivity contribution in [2.75, 3.05) is 18.1 Å². The zero-order valence-corrected chi connectivity index (χ0v) is 31.6. The van der Waals surface area contributed by atoms with Crippen LogP contribution in [0.25, 0.3) is 0 Å². The summed E-state index contributed by atoms with van der Waals surface area (Å²) in [6.07, 6.45) is 45.2. The van der Waals surface area contributed by atoms with Crippen molar-refractivity contribution in [1.29, 1.82) is 0 Å². The third kappa shape index (κ3) is 29.5. The topological polar surface area (TPSA) is 0 Å². The molecule has 0 amide bonds. The van der Waals surface area contributed by atoms with Gasteiger partial charge in [-0.3, -0.25) is 0 Å². The first-order chi connectivity index (χ1) is 19.5. The average molecular weight is 637 g/mol. The molecule has 0 unspecified atom stereocenters. The van der Waals surface area contributed by atoms with Crippen LogP contribution in [0.2, 0.25) is 0 Å². The second kappa shape index (κ2) is 30.5. The molecule has 0 atom stereocenters. The van der Waals surface area contributed by atoms with Crippen molar-refractivity contribution in [2.24, 2.45) is 0 Å². The van der Waals surface area contributed by atoms with E-state index in [1.807, 2.05) is 0 Å². The summed E-state index contributed by atoms with van der Waals surface area (Å²) < 4.78 is -2.21. The molecule has 0 aromatic rings. The quantitative estimate of drug-likeness (QED) is 0.0402. The molecule has 0 heterocycles. The molecule has 0 nitrogen and oxygen atoms in total. The van der Waals surface area contributed by atoms with Crippen LogP contribution >= 0.6 is 40.1 Å². The van der Waals surface area contributed by atoms with Gasteiger partial charge in [0.25, 0.3) is 0 Å². The van der Waals surface area contributed by atoms with Gasteiger partial charge in [0.1, 0.15) is 0 Å². The molecule has 40 heavy (non-hydrogen) atoms. The number of hydrogen-bond donors (Lipinski definition) is 2.